The molecule has 2 aliphatic rings. The van der Waals surface area contributed by atoms with Crippen LogP contribution in [-0.2, 0) is 9.59 Å². The summed E-state index contributed by atoms with van der Waals surface area (Å²) in [7, 11) is 0. The van der Waals surface area contributed by atoms with E-state index in [9.17, 15) is 14.4 Å². The van der Waals surface area contributed by atoms with Crippen molar-refractivity contribution in [3.05, 3.63) is 42.5 Å². The molecule has 1 atom stereocenters. The third kappa shape index (κ3) is 4.03. The van der Waals surface area contributed by atoms with E-state index < -0.39 is 23.8 Å². The van der Waals surface area contributed by atoms with Gasteiger partial charge in [0.2, 0.25) is 5.91 Å². The average Bonchev–Trinajstić information content (AvgIpc) is 2.74. The van der Waals surface area contributed by atoms with Crippen LogP contribution in [0.4, 0.5) is 10.5 Å². The predicted molar refractivity (Wildman–Crippen MR) is 111 cm³/mol. The zero-order chi connectivity index (χ0) is 20.2. The van der Waals surface area contributed by atoms with Gasteiger partial charge in [0.05, 0.1) is 12.2 Å². The summed E-state index contributed by atoms with van der Waals surface area (Å²) in [6.07, 6.45) is 1.37. The molecule has 8 heteroatoms. The molecule has 2 aromatic carbocycles. The lowest BCUT2D eigenvalue weighted by Gasteiger charge is -2.29. The Labute approximate surface area is 168 Å². The lowest BCUT2D eigenvalue weighted by atomic mass is 10.0. The molecule has 2 N–H and O–H groups in total. The van der Waals surface area contributed by atoms with Gasteiger partial charge in [-0.2, -0.15) is 0 Å². The molecule has 2 saturated heterocycles. The molecule has 8 nitrogen and oxygen atoms in total. The molecule has 150 valence electrons. The summed E-state index contributed by atoms with van der Waals surface area (Å²) in [5, 5.41) is 7.24. The second-order valence-electron chi connectivity index (χ2n) is 7.09. The van der Waals surface area contributed by atoms with E-state index in [1.54, 1.807) is 12.1 Å². The van der Waals surface area contributed by atoms with Gasteiger partial charge >= 0.3 is 6.03 Å². The van der Waals surface area contributed by atoms with Gasteiger partial charge in [-0.15, -0.1) is 0 Å². The fourth-order valence-electron chi connectivity index (χ4n) is 3.67. The highest BCUT2D eigenvalue weighted by molar-refractivity contribution is 6.33. The topological polar surface area (TPSA) is 94.1 Å². The number of aliphatic imine (C=N–C) groups is 1. The number of nitrogens with one attached hydrogen (secondary N) is 2. The van der Waals surface area contributed by atoms with Crippen LogP contribution in [0.2, 0.25) is 0 Å². The Morgan fingerprint density at radius 3 is 2.62 bits per heavy atom. The van der Waals surface area contributed by atoms with Gasteiger partial charge in [-0.25, -0.2) is 9.69 Å². The van der Waals surface area contributed by atoms with Crippen LogP contribution in [0.5, 0.6) is 0 Å². The van der Waals surface area contributed by atoms with Crippen LogP contribution in [0.15, 0.2) is 47.5 Å². The predicted octanol–water partition coefficient (Wildman–Crippen LogP) is 1.01. The molecular weight excluding hydrogens is 370 g/mol. The standard InChI is InChI=1S/C21H23N5O3/c27-19-17(14-23-10-13-25-11-8-22-9-12-25)20(28)26(21(29)24-19)18-7-3-5-15-4-1-2-6-16(15)18/h1-7,14,17,22H,8-13H2,(H,24,27,29)/t17-/m0/s1. The first kappa shape index (κ1) is 19.2. The summed E-state index contributed by atoms with van der Waals surface area (Å²) in [5.74, 6) is -2.34. The molecule has 29 heavy (non-hydrogen) atoms. The van der Waals surface area contributed by atoms with Crippen molar-refractivity contribution < 1.29 is 14.4 Å². The number of benzene rings is 2. The number of nitrogens with zero attached hydrogens (tertiary/aromatic N) is 3. The molecule has 4 amide bonds. The van der Waals surface area contributed by atoms with Crippen LogP contribution in [-0.4, -0.2) is 68.2 Å². The minimum Gasteiger partial charge on any atom is -0.314 e. The zero-order valence-electron chi connectivity index (χ0n) is 16.0. The van der Waals surface area contributed by atoms with E-state index in [4.69, 9.17) is 0 Å². The van der Waals surface area contributed by atoms with Crippen LogP contribution < -0.4 is 15.5 Å². The molecule has 2 fully saturated rings. The first-order valence-corrected chi connectivity index (χ1v) is 9.75. The number of piperazine rings is 1. The monoisotopic (exact) mass is 393 g/mol. The number of anilines is 1. The SMILES string of the molecule is O=C1NC(=O)N(c2cccc3ccccc23)C(=O)[C@H]1C=NCCN1CCNCC1. The molecule has 2 aliphatic heterocycles. The molecule has 0 aromatic heterocycles. The number of hydrogen-bond acceptors (Lipinski definition) is 6. The van der Waals surface area contributed by atoms with E-state index in [1.165, 1.54) is 6.21 Å². The van der Waals surface area contributed by atoms with Gasteiger partial charge < -0.3 is 5.32 Å². The van der Waals surface area contributed by atoms with Crippen molar-refractivity contribution in [3.63, 3.8) is 0 Å². The molecule has 0 spiro atoms. The van der Waals surface area contributed by atoms with Crippen LogP contribution in [0.3, 0.4) is 0 Å². The van der Waals surface area contributed by atoms with E-state index in [-0.39, 0.29) is 0 Å². The zero-order valence-corrected chi connectivity index (χ0v) is 16.0. The Morgan fingerprint density at radius 2 is 1.79 bits per heavy atom. The minimum atomic E-state index is -1.12. The highest BCUT2D eigenvalue weighted by atomic mass is 16.2. The fourth-order valence-corrected chi connectivity index (χ4v) is 3.67. The smallest absolute Gasteiger partial charge is 0.314 e. The Bertz CT molecular complexity index is 962. The lowest BCUT2D eigenvalue weighted by molar-refractivity contribution is -0.131. The van der Waals surface area contributed by atoms with Crippen LogP contribution in [0, 0.1) is 5.92 Å². The quantitative estimate of drug-likeness (QED) is 0.584. The summed E-state index contributed by atoms with van der Waals surface area (Å²) in [6.45, 7) is 5.10. The molecule has 4 rings (SSSR count). The summed E-state index contributed by atoms with van der Waals surface area (Å²) in [4.78, 5) is 45.4. The Kier molecular flexibility index (Phi) is 5.64. The van der Waals surface area contributed by atoms with Crippen LogP contribution in [0.25, 0.3) is 10.8 Å². The van der Waals surface area contributed by atoms with Gasteiger partial charge in [0.1, 0.15) is 0 Å². The molecule has 0 radical (unpaired) electrons. The lowest BCUT2D eigenvalue weighted by Crippen LogP contribution is -2.58. The summed E-state index contributed by atoms with van der Waals surface area (Å²) >= 11 is 0. The van der Waals surface area contributed by atoms with Gasteiger partial charge in [0, 0.05) is 44.3 Å². The second kappa shape index (κ2) is 8.50. The molecule has 0 bridgehead atoms. The number of urea groups is 1. The second-order valence-corrected chi connectivity index (χ2v) is 7.09. The largest absolute Gasteiger partial charge is 0.335 e. The number of hydrogen-bond donors (Lipinski definition) is 2. The van der Waals surface area contributed by atoms with Crippen molar-refractivity contribution in [3.8, 4) is 0 Å². The van der Waals surface area contributed by atoms with Gasteiger partial charge in [-0.3, -0.25) is 24.8 Å². The fraction of sp³-hybridized carbons (Fsp3) is 0.333. The number of carbonyl (C=O) groups excluding carboxylic acids is 3. The van der Waals surface area contributed by atoms with E-state index in [0.717, 1.165) is 48.4 Å². The van der Waals surface area contributed by atoms with Gasteiger partial charge in [0.25, 0.3) is 5.91 Å². The van der Waals surface area contributed by atoms with Crippen LogP contribution >= 0.6 is 0 Å². The number of barbiturate groups is 1. The van der Waals surface area contributed by atoms with Crippen molar-refractivity contribution in [2.75, 3.05) is 44.2 Å². The van der Waals surface area contributed by atoms with E-state index in [0.29, 0.717) is 12.2 Å². The third-order valence-corrected chi connectivity index (χ3v) is 5.22. The Hall–Kier alpha value is -3.10. The first-order valence-electron chi connectivity index (χ1n) is 9.75. The van der Waals surface area contributed by atoms with Gasteiger partial charge in [0.15, 0.2) is 5.92 Å². The van der Waals surface area contributed by atoms with E-state index in [2.05, 4.69) is 20.5 Å². The number of carbonyl (C=O) groups is 3. The highest BCUT2D eigenvalue weighted by Gasteiger charge is 2.40. The summed E-state index contributed by atoms with van der Waals surface area (Å²) < 4.78 is 0. The Balaban J connectivity index is 1.52. The summed E-state index contributed by atoms with van der Waals surface area (Å²) in [6, 6.07) is 12.1. The van der Waals surface area contributed by atoms with Crippen molar-refractivity contribution in [2.24, 2.45) is 10.9 Å². The number of amides is 4. The van der Waals surface area contributed by atoms with E-state index in [1.807, 2.05) is 30.3 Å². The van der Waals surface area contributed by atoms with Crippen LogP contribution in [0.1, 0.15) is 0 Å². The Morgan fingerprint density at radius 1 is 1.03 bits per heavy atom. The maximum Gasteiger partial charge on any atom is 0.335 e. The van der Waals surface area contributed by atoms with Crippen molar-refractivity contribution >= 4 is 40.5 Å². The van der Waals surface area contributed by atoms with Gasteiger partial charge in [-0.1, -0.05) is 36.4 Å². The molecule has 2 heterocycles. The van der Waals surface area contributed by atoms with Crippen molar-refractivity contribution in [1.29, 1.82) is 0 Å². The average molecular weight is 393 g/mol. The summed E-state index contributed by atoms with van der Waals surface area (Å²) in [5.41, 5.74) is 0.456. The maximum atomic E-state index is 13.0. The highest BCUT2D eigenvalue weighted by Crippen LogP contribution is 2.29. The molecular formula is C21H23N5O3. The number of fused-ring (bicyclic) bond motifs is 1. The number of imide groups is 2. The minimum absolute atomic E-state index is 0.456. The molecule has 0 aliphatic carbocycles. The number of rotatable bonds is 5. The first-order chi connectivity index (χ1) is 14.1. The van der Waals surface area contributed by atoms with Crippen molar-refractivity contribution in [2.45, 2.75) is 0 Å². The normalized spacial score (nSPS) is 21.2. The molecule has 2 aromatic rings. The maximum absolute atomic E-state index is 13.0. The third-order valence-electron chi connectivity index (χ3n) is 5.22. The van der Waals surface area contributed by atoms with E-state index >= 15 is 0 Å². The van der Waals surface area contributed by atoms with Crippen molar-refractivity contribution in [1.82, 2.24) is 15.5 Å². The van der Waals surface area contributed by atoms with Gasteiger partial charge in [-0.05, 0) is 11.5 Å². The molecule has 0 saturated carbocycles. The molecule has 0 unspecified atom stereocenters.